The number of hydrogen-bond donors (Lipinski definition) is 2. The van der Waals surface area contributed by atoms with Gasteiger partial charge in [0.25, 0.3) is 12.4 Å². The SMILES string of the molecule is C.C.CC(N)OC=O.[B].[B].[B]CC(=O)O. The monoisotopic (exact) mass is 213 g/mol. The Balaban J connectivity index is -0.0000000215. The van der Waals surface area contributed by atoms with Gasteiger partial charge in [0.1, 0.15) is 6.23 Å². The van der Waals surface area contributed by atoms with E-state index in [1.165, 1.54) is 0 Å². The fraction of sp³-hybridized carbons (Fsp3) is 0.714. The van der Waals surface area contributed by atoms with Gasteiger partial charge in [-0.1, -0.05) is 14.9 Å². The third kappa shape index (κ3) is 96.1. The highest BCUT2D eigenvalue weighted by atomic mass is 16.5. The van der Waals surface area contributed by atoms with Gasteiger partial charge >= 0.3 is 0 Å². The molecule has 0 fully saturated rings. The second-order valence-corrected chi connectivity index (χ2v) is 1.54. The van der Waals surface area contributed by atoms with Crippen LogP contribution in [0.25, 0.3) is 0 Å². The molecule has 0 aliphatic heterocycles. The van der Waals surface area contributed by atoms with Gasteiger partial charge in [-0.05, 0) is 6.92 Å². The van der Waals surface area contributed by atoms with Crippen LogP contribution in [-0.4, -0.2) is 48.4 Å². The minimum absolute atomic E-state index is 0. The lowest BCUT2D eigenvalue weighted by Gasteiger charge is -1.96. The molecule has 0 aliphatic rings. The summed E-state index contributed by atoms with van der Waals surface area (Å²) in [6.45, 7) is 1.90. The van der Waals surface area contributed by atoms with Crippen LogP contribution in [-0.2, 0) is 14.3 Å². The van der Waals surface area contributed by atoms with E-state index in [4.69, 9.17) is 10.8 Å². The van der Waals surface area contributed by atoms with Crippen molar-refractivity contribution < 1.29 is 19.4 Å². The van der Waals surface area contributed by atoms with E-state index in [1.807, 2.05) is 0 Å². The number of carbonyl (C=O) groups is 2. The smallest absolute Gasteiger partial charge is 0.294 e. The van der Waals surface area contributed by atoms with Crippen molar-refractivity contribution in [2.24, 2.45) is 5.73 Å². The van der Waals surface area contributed by atoms with E-state index in [0.717, 1.165) is 0 Å². The van der Waals surface area contributed by atoms with E-state index in [9.17, 15) is 9.59 Å². The number of nitrogens with two attached hydrogens (primary N) is 1. The Morgan fingerprint density at radius 3 is 1.80 bits per heavy atom. The van der Waals surface area contributed by atoms with E-state index in [2.05, 4.69) is 12.6 Å². The molecule has 3 N–H and O–H groups in total. The molecule has 8 radical (unpaired) electrons. The maximum Gasteiger partial charge on any atom is 0.294 e. The van der Waals surface area contributed by atoms with Crippen LogP contribution in [0.1, 0.15) is 21.8 Å². The van der Waals surface area contributed by atoms with Crippen LogP contribution >= 0.6 is 0 Å². The molecule has 0 heterocycles. The summed E-state index contributed by atoms with van der Waals surface area (Å²) in [5, 5.41) is 7.60. The largest absolute Gasteiger partial charge is 0.482 e. The molecule has 0 aromatic heterocycles. The Kier molecular flexibility index (Phi) is 71.9. The van der Waals surface area contributed by atoms with Crippen molar-refractivity contribution >= 4 is 37.1 Å². The lowest BCUT2D eigenvalue weighted by atomic mass is 10.1. The number of aliphatic carboxylic acids is 1. The minimum atomic E-state index is -0.968. The summed E-state index contributed by atoms with van der Waals surface area (Å²) in [6.07, 6.45) is -0.748. The zero-order valence-corrected chi connectivity index (χ0v) is 7.34. The van der Waals surface area contributed by atoms with E-state index in [1.54, 1.807) is 6.92 Å². The molecule has 8 heteroatoms. The number of ether oxygens (including phenoxy) is 1. The standard InChI is InChI=1S/C3H7NO2.C2H3BO2.2CH4.2B/c1-3(4)6-2-5;3-1-2(4)5;;;;/h2-3H,4H2,1H3;1H2,(H,4,5);2*1H4;;. The van der Waals surface area contributed by atoms with Crippen LogP contribution in [0.3, 0.4) is 0 Å². The Morgan fingerprint density at radius 2 is 1.80 bits per heavy atom. The van der Waals surface area contributed by atoms with Gasteiger partial charge in [0, 0.05) is 23.1 Å². The Bertz CT molecular complexity index is 125. The van der Waals surface area contributed by atoms with Gasteiger partial charge in [-0.25, -0.2) is 0 Å². The highest BCUT2D eigenvalue weighted by Crippen LogP contribution is 1.68. The van der Waals surface area contributed by atoms with Crippen molar-refractivity contribution in [2.45, 2.75) is 34.3 Å². The molecule has 0 aromatic carbocycles. The van der Waals surface area contributed by atoms with Gasteiger partial charge in [0.05, 0.1) is 7.85 Å². The summed E-state index contributed by atoms with van der Waals surface area (Å²) < 4.78 is 4.14. The lowest BCUT2D eigenvalue weighted by molar-refractivity contribution is -0.134. The second kappa shape index (κ2) is 29.2. The van der Waals surface area contributed by atoms with E-state index in [-0.39, 0.29) is 38.0 Å². The first-order chi connectivity index (χ1) is 5.04. The number of carboxylic acid groups (broad SMARTS) is 1. The molecular weight excluding hydrogens is 195 g/mol. The molecule has 0 spiro atoms. The summed E-state index contributed by atoms with van der Waals surface area (Å²) in [6, 6.07) is 0. The van der Waals surface area contributed by atoms with Crippen molar-refractivity contribution in [3.8, 4) is 0 Å². The molecule has 0 bridgehead atoms. The van der Waals surface area contributed by atoms with Crippen LogP contribution < -0.4 is 5.73 Å². The molecule has 0 amide bonds. The first-order valence-corrected chi connectivity index (χ1v) is 2.81. The minimum Gasteiger partial charge on any atom is -0.482 e. The summed E-state index contributed by atoms with van der Waals surface area (Å²) in [5.74, 6) is -0.968. The van der Waals surface area contributed by atoms with Crippen molar-refractivity contribution in [1.29, 1.82) is 0 Å². The molecule has 84 valence electrons. The van der Waals surface area contributed by atoms with E-state index < -0.39 is 12.2 Å². The summed E-state index contributed by atoms with van der Waals surface area (Å²) in [7, 11) is 4.57. The van der Waals surface area contributed by atoms with Gasteiger partial charge in [-0.3, -0.25) is 15.3 Å². The van der Waals surface area contributed by atoms with E-state index in [0.29, 0.717) is 6.47 Å². The molecular formula is C7H18B3NO4. The third-order valence-electron chi connectivity index (χ3n) is 0.445. The first kappa shape index (κ1) is 36.9. The zero-order chi connectivity index (χ0) is 9.28. The highest BCUT2D eigenvalue weighted by molar-refractivity contribution is 6.18. The molecule has 5 nitrogen and oxygen atoms in total. The van der Waals surface area contributed by atoms with Crippen molar-refractivity contribution in [3.05, 3.63) is 0 Å². The molecule has 0 saturated heterocycles. The first-order valence-electron chi connectivity index (χ1n) is 2.81. The number of carbonyl (C=O) groups excluding carboxylic acids is 1. The molecule has 0 aromatic rings. The van der Waals surface area contributed by atoms with Crippen molar-refractivity contribution in [1.82, 2.24) is 0 Å². The van der Waals surface area contributed by atoms with Crippen LogP contribution in [0.5, 0.6) is 0 Å². The van der Waals surface area contributed by atoms with Crippen molar-refractivity contribution in [3.63, 3.8) is 0 Å². The van der Waals surface area contributed by atoms with Gasteiger partial charge in [0.15, 0.2) is 0 Å². The molecule has 0 rings (SSSR count). The average Bonchev–Trinajstić information content (AvgIpc) is 1.89. The summed E-state index contributed by atoms with van der Waals surface area (Å²) >= 11 is 0. The predicted octanol–water partition coefficient (Wildman–Crippen LogP) is -0.367. The Morgan fingerprint density at radius 1 is 1.53 bits per heavy atom. The molecule has 15 heavy (non-hydrogen) atoms. The van der Waals surface area contributed by atoms with Crippen LogP contribution in [0.2, 0.25) is 6.32 Å². The van der Waals surface area contributed by atoms with Crippen molar-refractivity contribution in [2.75, 3.05) is 0 Å². The summed E-state index contributed by atoms with van der Waals surface area (Å²) in [4.78, 5) is 18.6. The average molecular weight is 213 g/mol. The quantitative estimate of drug-likeness (QED) is 0.379. The van der Waals surface area contributed by atoms with Crippen LogP contribution in [0.4, 0.5) is 0 Å². The number of carboxylic acids is 1. The number of hydrogen-bond acceptors (Lipinski definition) is 4. The number of rotatable bonds is 3. The predicted molar refractivity (Wildman–Crippen MR) is 64.0 cm³/mol. The topological polar surface area (TPSA) is 89.6 Å². The molecule has 1 atom stereocenters. The summed E-state index contributed by atoms with van der Waals surface area (Å²) in [5.41, 5.74) is 4.95. The fourth-order valence-electron chi connectivity index (χ4n) is 0.0876. The van der Waals surface area contributed by atoms with Crippen LogP contribution in [0.15, 0.2) is 0 Å². The Hall–Kier alpha value is -0.905. The third-order valence-corrected chi connectivity index (χ3v) is 0.445. The second-order valence-electron chi connectivity index (χ2n) is 1.54. The lowest BCUT2D eigenvalue weighted by Crippen LogP contribution is -2.17. The fourth-order valence-corrected chi connectivity index (χ4v) is 0.0876. The molecule has 1 unspecified atom stereocenters. The van der Waals surface area contributed by atoms with Gasteiger partial charge in [-0.15, -0.1) is 0 Å². The van der Waals surface area contributed by atoms with E-state index >= 15 is 0 Å². The van der Waals surface area contributed by atoms with Gasteiger partial charge in [-0.2, -0.15) is 0 Å². The molecule has 0 saturated carbocycles. The van der Waals surface area contributed by atoms with Crippen LogP contribution in [0, 0.1) is 0 Å². The van der Waals surface area contributed by atoms with Gasteiger partial charge < -0.3 is 9.84 Å². The normalized spacial score (nSPS) is 7.60. The maximum atomic E-state index is 9.31. The zero-order valence-electron chi connectivity index (χ0n) is 7.34. The Labute approximate surface area is 97.3 Å². The van der Waals surface area contributed by atoms with Gasteiger partial charge in [0.2, 0.25) is 0 Å². The maximum absolute atomic E-state index is 9.31. The molecule has 0 aliphatic carbocycles. The highest BCUT2D eigenvalue weighted by Gasteiger charge is 1.83.